The van der Waals surface area contributed by atoms with Crippen molar-refractivity contribution < 1.29 is 9.53 Å². The number of anilines is 2. The summed E-state index contributed by atoms with van der Waals surface area (Å²) in [5, 5.41) is 11.3. The Morgan fingerprint density at radius 1 is 0.897 bits per heavy atom. The third-order valence-electron chi connectivity index (χ3n) is 4.50. The molecule has 1 amide bonds. The third-order valence-corrected chi connectivity index (χ3v) is 4.50. The highest BCUT2D eigenvalue weighted by molar-refractivity contribution is 6.07. The summed E-state index contributed by atoms with van der Waals surface area (Å²) in [6, 6.07) is 20.3. The number of ether oxygens (including phenoxy) is 1. The molecule has 0 saturated carbocycles. The van der Waals surface area contributed by atoms with Crippen molar-refractivity contribution in [3.63, 3.8) is 0 Å². The van der Waals surface area contributed by atoms with Crippen molar-refractivity contribution in [2.24, 2.45) is 10.2 Å². The zero-order chi connectivity index (χ0) is 19.9. The van der Waals surface area contributed by atoms with Crippen molar-refractivity contribution in [3.8, 4) is 0 Å². The van der Waals surface area contributed by atoms with Crippen LogP contribution < -0.4 is 10.2 Å². The van der Waals surface area contributed by atoms with E-state index in [0.717, 1.165) is 18.8 Å². The van der Waals surface area contributed by atoms with Crippen LogP contribution in [0.25, 0.3) is 0 Å². The summed E-state index contributed by atoms with van der Waals surface area (Å²) >= 11 is 0. The van der Waals surface area contributed by atoms with Gasteiger partial charge in [-0.15, -0.1) is 0 Å². The first-order valence-corrected chi connectivity index (χ1v) is 9.45. The van der Waals surface area contributed by atoms with Gasteiger partial charge in [0.15, 0.2) is 0 Å². The highest BCUT2D eigenvalue weighted by Crippen LogP contribution is 2.22. The minimum Gasteiger partial charge on any atom is -0.378 e. The second-order valence-corrected chi connectivity index (χ2v) is 6.51. The fourth-order valence-corrected chi connectivity index (χ4v) is 3.02. The Bertz CT molecular complexity index is 984. The Balaban J connectivity index is 1.44. The molecule has 1 fully saturated rings. The van der Waals surface area contributed by atoms with Gasteiger partial charge < -0.3 is 15.0 Å². The maximum Gasteiger partial charge on any atom is 0.259 e. The zero-order valence-corrected chi connectivity index (χ0v) is 15.9. The predicted octanol–water partition coefficient (Wildman–Crippen LogP) is 4.59. The fourth-order valence-electron chi connectivity index (χ4n) is 3.02. The summed E-state index contributed by atoms with van der Waals surface area (Å²) in [5.41, 5.74) is 2.73. The van der Waals surface area contributed by atoms with Crippen molar-refractivity contribution in [2.75, 3.05) is 36.5 Å². The largest absolute Gasteiger partial charge is 0.378 e. The number of morpholine rings is 1. The Morgan fingerprint density at radius 2 is 1.59 bits per heavy atom. The quantitative estimate of drug-likeness (QED) is 0.650. The molecule has 0 spiro atoms. The number of amides is 1. The summed E-state index contributed by atoms with van der Waals surface area (Å²) in [6.45, 7) is 2.71. The average molecular weight is 387 g/mol. The van der Waals surface area contributed by atoms with E-state index in [-0.39, 0.29) is 5.91 Å². The molecule has 1 saturated heterocycles. The third kappa shape index (κ3) is 4.83. The molecular formula is C22H21N5O2. The number of benzene rings is 2. The molecule has 146 valence electrons. The number of hydrogen-bond acceptors (Lipinski definition) is 6. The van der Waals surface area contributed by atoms with Crippen LogP contribution in [0.2, 0.25) is 0 Å². The molecule has 1 N–H and O–H groups in total. The van der Waals surface area contributed by atoms with Gasteiger partial charge in [-0.25, -0.2) is 4.98 Å². The van der Waals surface area contributed by atoms with Crippen LogP contribution in [0.5, 0.6) is 0 Å². The van der Waals surface area contributed by atoms with Gasteiger partial charge >= 0.3 is 0 Å². The van der Waals surface area contributed by atoms with E-state index < -0.39 is 0 Å². The van der Waals surface area contributed by atoms with Crippen LogP contribution in [0, 0.1) is 0 Å². The van der Waals surface area contributed by atoms with E-state index in [0.29, 0.717) is 36.0 Å². The van der Waals surface area contributed by atoms with Gasteiger partial charge in [0, 0.05) is 25.0 Å². The minimum atomic E-state index is -0.196. The van der Waals surface area contributed by atoms with Gasteiger partial charge in [0.05, 0.1) is 30.2 Å². The van der Waals surface area contributed by atoms with Crippen LogP contribution in [0.3, 0.4) is 0 Å². The normalized spacial score (nSPS) is 14.1. The molecular weight excluding hydrogens is 366 g/mol. The summed E-state index contributed by atoms with van der Waals surface area (Å²) in [5.74, 6) is 0.486. The van der Waals surface area contributed by atoms with Gasteiger partial charge in [0.1, 0.15) is 5.82 Å². The zero-order valence-electron chi connectivity index (χ0n) is 15.9. The summed E-state index contributed by atoms with van der Waals surface area (Å²) in [4.78, 5) is 19.3. The monoisotopic (exact) mass is 387 g/mol. The molecule has 7 nitrogen and oxygen atoms in total. The number of carbonyl (C=O) groups is 1. The van der Waals surface area contributed by atoms with Crippen LogP contribution in [-0.2, 0) is 4.74 Å². The van der Waals surface area contributed by atoms with E-state index in [1.54, 1.807) is 18.3 Å². The van der Waals surface area contributed by atoms with Gasteiger partial charge in [-0.3, -0.25) is 4.79 Å². The van der Waals surface area contributed by atoms with E-state index in [1.165, 1.54) is 0 Å². The van der Waals surface area contributed by atoms with Gasteiger partial charge in [0.25, 0.3) is 5.91 Å². The van der Waals surface area contributed by atoms with Crippen LogP contribution >= 0.6 is 0 Å². The molecule has 7 heteroatoms. The Labute approximate surface area is 169 Å². The molecule has 0 unspecified atom stereocenters. The van der Waals surface area contributed by atoms with Crippen LogP contribution in [0.4, 0.5) is 22.9 Å². The number of aromatic nitrogens is 1. The van der Waals surface area contributed by atoms with Gasteiger partial charge in [-0.05, 0) is 48.5 Å². The second-order valence-electron chi connectivity index (χ2n) is 6.51. The summed E-state index contributed by atoms with van der Waals surface area (Å²) < 4.78 is 5.39. The molecule has 2 heterocycles. The lowest BCUT2D eigenvalue weighted by molar-refractivity contribution is 0.102. The lowest BCUT2D eigenvalue weighted by Gasteiger charge is -2.29. The topological polar surface area (TPSA) is 79.2 Å². The summed E-state index contributed by atoms with van der Waals surface area (Å²) in [7, 11) is 0. The maximum atomic E-state index is 12.8. The van der Waals surface area contributed by atoms with E-state index in [1.807, 2.05) is 54.6 Å². The van der Waals surface area contributed by atoms with Crippen molar-refractivity contribution >= 4 is 28.8 Å². The van der Waals surface area contributed by atoms with E-state index >= 15 is 0 Å². The molecule has 0 aliphatic carbocycles. The minimum absolute atomic E-state index is 0.196. The first kappa shape index (κ1) is 18.8. The van der Waals surface area contributed by atoms with E-state index in [9.17, 15) is 4.79 Å². The molecule has 2 aromatic carbocycles. The van der Waals surface area contributed by atoms with Crippen molar-refractivity contribution in [2.45, 2.75) is 0 Å². The Kier molecular flexibility index (Phi) is 5.87. The smallest absolute Gasteiger partial charge is 0.259 e. The number of nitrogens with zero attached hydrogens (tertiary/aromatic N) is 4. The SMILES string of the molecule is O=C(Nc1ccc(N=Nc2ccccc2)cc1)c1cccnc1N1CCOCC1. The molecule has 4 rings (SSSR count). The van der Waals surface area contributed by atoms with Crippen LogP contribution in [0.15, 0.2) is 83.2 Å². The lowest BCUT2D eigenvalue weighted by Crippen LogP contribution is -2.38. The molecule has 1 aliphatic heterocycles. The maximum absolute atomic E-state index is 12.8. The van der Waals surface area contributed by atoms with Crippen LogP contribution in [-0.4, -0.2) is 37.2 Å². The highest BCUT2D eigenvalue weighted by atomic mass is 16.5. The predicted molar refractivity (Wildman–Crippen MR) is 112 cm³/mol. The van der Waals surface area contributed by atoms with Gasteiger partial charge in [-0.1, -0.05) is 18.2 Å². The van der Waals surface area contributed by atoms with Crippen molar-refractivity contribution in [1.29, 1.82) is 0 Å². The number of hydrogen-bond donors (Lipinski definition) is 1. The van der Waals surface area contributed by atoms with E-state index in [4.69, 9.17) is 4.74 Å². The lowest BCUT2D eigenvalue weighted by atomic mass is 10.2. The molecule has 0 bridgehead atoms. The van der Waals surface area contributed by atoms with E-state index in [2.05, 4.69) is 25.4 Å². The molecule has 29 heavy (non-hydrogen) atoms. The first-order valence-electron chi connectivity index (χ1n) is 9.45. The number of nitrogens with one attached hydrogen (secondary N) is 1. The Morgan fingerprint density at radius 3 is 2.31 bits per heavy atom. The molecule has 1 aliphatic rings. The molecule has 1 aromatic heterocycles. The standard InChI is InChI=1S/C22H21N5O2/c28-22(20-7-4-12-23-21(20)27-13-15-29-16-14-27)24-17-8-10-19(11-9-17)26-25-18-5-2-1-3-6-18/h1-12H,13-16H2,(H,24,28). The molecule has 0 radical (unpaired) electrons. The number of pyridine rings is 1. The average Bonchev–Trinajstić information content (AvgIpc) is 2.80. The number of azo groups is 1. The number of carbonyl (C=O) groups excluding carboxylic acids is 1. The summed E-state index contributed by atoms with van der Waals surface area (Å²) in [6.07, 6.45) is 1.70. The highest BCUT2D eigenvalue weighted by Gasteiger charge is 2.19. The fraction of sp³-hybridized carbons (Fsp3) is 0.182. The first-order chi connectivity index (χ1) is 14.3. The van der Waals surface area contributed by atoms with Gasteiger partial charge in [-0.2, -0.15) is 10.2 Å². The Hall–Kier alpha value is -3.58. The second kappa shape index (κ2) is 9.07. The number of rotatable bonds is 5. The van der Waals surface area contributed by atoms with Crippen molar-refractivity contribution in [1.82, 2.24) is 4.98 Å². The van der Waals surface area contributed by atoms with Crippen molar-refractivity contribution in [3.05, 3.63) is 78.5 Å². The van der Waals surface area contributed by atoms with Crippen LogP contribution in [0.1, 0.15) is 10.4 Å². The molecule has 3 aromatic rings. The van der Waals surface area contributed by atoms with Gasteiger partial charge in [0.2, 0.25) is 0 Å². The molecule has 0 atom stereocenters.